The van der Waals surface area contributed by atoms with Gasteiger partial charge in [0.15, 0.2) is 0 Å². The van der Waals surface area contributed by atoms with Crippen LogP contribution in [0.15, 0.2) is 54.6 Å². The van der Waals surface area contributed by atoms with E-state index in [1.165, 1.54) is 12.8 Å². The number of benzene rings is 2. The summed E-state index contributed by atoms with van der Waals surface area (Å²) in [4.78, 5) is 23.8. The van der Waals surface area contributed by atoms with Crippen molar-refractivity contribution in [2.75, 3.05) is 35.2 Å². The first-order valence-electron chi connectivity index (χ1n) is 8.90. The zero-order chi connectivity index (χ0) is 17.8. The highest BCUT2D eigenvalue weighted by atomic mass is 16.1. The highest BCUT2D eigenvalue weighted by molar-refractivity contribution is 5.96. The van der Waals surface area contributed by atoms with Gasteiger partial charge in [-0.1, -0.05) is 30.3 Å². The Morgan fingerprint density at radius 1 is 0.962 bits per heavy atom. The fraction of sp³-hybridized carbons (Fsp3) is 0.250. The van der Waals surface area contributed by atoms with Crippen LogP contribution >= 0.6 is 0 Å². The number of aromatic nitrogens is 2. The maximum Gasteiger partial charge on any atom is 0.243 e. The maximum absolute atomic E-state index is 12.2. The number of nitrogens with zero attached hydrogens (tertiary/aromatic N) is 3. The van der Waals surface area contributed by atoms with E-state index in [-0.39, 0.29) is 12.5 Å². The molecule has 1 aliphatic rings. The molecule has 2 aromatic carbocycles. The predicted molar refractivity (Wildman–Crippen MR) is 105 cm³/mol. The molecule has 0 atom stereocenters. The number of nitrogens with one attached hydrogen (secondary N) is 2. The second kappa shape index (κ2) is 7.39. The lowest BCUT2D eigenvalue weighted by Crippen LogP contribution is -2.24. The van der Waals surface area contributed by atoms with Gasteiger partial charge in [0.2, 0.25) is 11.9 Å². The molecule has 6 heteroatoms. The molecule has 0 spiro atoms. The van der Waals surface area contributed by atoms with Gasteiger partial charge in [0, 0.05) is 24.2 Å². The van der Waals surface area contributed by atoms with Crippen LogP contribution in [0.25, 0.3) is 10.9 Å². The number of carbonyl (C=O) groups excluding carboxylic acids is 1. The van der Waals surface area contributed by atoms with Gasteiger partial charge in [-0.15, -0.1) is 0 Å². The Kier molecular flexibility index (Phi) is 4.64. The van der Waals surface area contributed by atoms with E-state index in [0.29, 0.717) is 5.82 Å². The van der Waals surface area contributed by atoms with Gasteiger partial charge in [-0.05, 0) is 37.1 Å². The quantitative estimate of drug-likeness (QED) is 0.741. The third-order valence-electron chi connectivity index (χ3n) is 4.45. The van der Waals surface area contributed by atoms with Crippen molar-refractivity contribution in [2.24, 2.45) is 0 Å². The van der Waals surface area contributed by atoms with E-state index in [1.54, 1.807) is 0 Å². The molecule has 132 valence electrons. The molecule has 0 unspecified atom stereocenters. The van der Waals surface area contributed by atoms with E-state index < -0.39 is 0 Å². The fourth-order valence-corrected chi connectivity index (χ4v) is 3.15. The van der Waals surface area contributed by atoms with Crippen molar-refractivity contribution in [2.45, 2.75) is 12.8 Å². The molecular weight excluding hydrogens is 326 g/mol. The van der Waals surface area contributed by atoms with Crippen molar-refractivity contribution in [1.29, 1.82) is 0 Å². The Bertz CT molecular complexity index is 906. The number of para-hydroxylation sites is 2. The smallest absolute Gasteiger partial charge is 0.243 e. The third kappa shape index (κ3) is 3.59. The van der Waals surface area contributed by atoms with Gasteiger partial charge in [-0.3, -0.25) is 4.79 Å². The molecule has 3 aromatic rings. The van der Waals surface area contributed by atoms with E-state index in [2.05, 4.69) is 25.5 Å². The first-order chi connectivity index (χ1) is 12.8. The largest absolute Gasteiger partial charge is 0.360 e. The SMILES string of the molecule is O=C(CNc1nc(N2CCCC2)nc2ccccc12)Nc1ccccc1. The molecule has 0 radical (unpaired) electrons. The molecule has 1 saturated heterocycles. The zero-order valence-electron chi connectivity index (χ0n) is 14.5. The van der Waals surface area contributed by atoms with Crippen LogP contribution in [0.1, 0.15) is 12.8 Å². The normalized spacial score (nSPS) is 13.8. The number of carbonyl (C=O) groups is 1. The van der Waals surface area contributed by atoms with Crippen LogP contribution in [0.2, 0.25) is 0 Å². The molecule has 1 fully saturated rings. The summed E-state index contributed by atoms with van der Waals surface area (Å²) < 4.78 is 0. The van der Waals surface area contributed by atoms with Crippen molar-refractivity contribution in [1.82, 2.24) is 9.97 Å². The summed E-state index contributed by atoms with van der Waals surface area (Å²) in [6, 6.07) is 17.3. The molecule has 1 aliphatic heterocycles. The van der Waals surface area contributed by atoms with Crippen LogP contribution in [-0.4, -0.2) is 35.5 Å². The molecule has 2 N–H and O–H groups in total. The fourth-order valence-electron chi connectivity index (χ4n) is 3.15. The van der Waals surface area contributed by atoms with Gasteiger partial charge >= 0.3 is 0 Å². The first-order valence-corrected chi connectivity index (χ1v) is 8.90. The summed E-state index contributed by atoms with van der Waals surface area (Å²) in [5.41, 5.74) is 1.67. The summed E-state index contributed by atoms with van der Waals surface area (Å²) in [6.45, 7) is 2.11. The molecule has 6 nitrogen and oxygen atoms in total. The lowest BCUT2D eigenvalue weighted by Gasteiger charge is -2.17. The summed E-state index contributed by atoms with van der Waals surface area (Å²) in [6.07, 6.45) is 2.33. The van der Waals surface area contributed by atoms with Gasteiger partial charge in [0.05, 0.1) is 12.1 Å². The third-order valence-corrected chi connectivity index (χ3v) is 4.45. The second-order valence-corrected chi connectivity index (χ2v) is 6.35. The number of anilines is 3. The number of hydrogen-bond donors (Lipinski definition) is 2. The lowest BCUT2D eigenvalue weighted by molar-refractivity contribution is -0.114. The highest BCUT2D eigenvalue weighted by Gasteiger charge is 2.17. The van der Waals surface area contributed by atoms with Crippen LogP contribution in [0.4, 0.5) is 17.5 Å². The molecule has 26 heavy (non-hydrogen) atoms. The van der Waals surface area contributed by atoms with Crippen LogP contribution in [0.5, 0.6) is 0 Å². The van der Waals surface area contributed by atoms with Gasteiger partial charge in [0.1, 0.15) is 5.82 Å². The maximum atomic E-state index is 12.2. The van der Waals surface area contributed by atoms with E-state index in [1.807, 2.05) is 54.6 Å². The minimum atomic E-state index is -0.110. The molecule has 0 bridgehead atoms. The number of rotatable bonds is 5. The molecule has 0 saturated carbocycles. The Labute approximate surface area is 152 Å². The van der Waals surface area contributed by atoms with Gasteiger partial charge in [-0.2, -0.15) is 4.98 Å². The molecule has 0 aliphatic carbocycles. The average molecular weight is 347 g/mol. The molecule has 1 aromatic heterocycles. The Balaban J connectivity index is 1.53. The highest BCUT2D eigenvalue weighted by Crippen LogP contribution is 2.25. The molecule has 4 rings (SSSR count). The van der Waals surface area contributed by atoms with Crippen LogP contribution in [0, 0.1) is 0 Å². The number of amides is 1. The molecule has 1 amide bonds. The Hall–Kier alpha value is -3.15. The monoisotopic (exact) mass is 347 g/mol. The van der Waals surface area contributed by atoms with Crippen LogP contribution < -0.4 is 15.5 Å². The minimum Gasteiger partial charge on any atom is -0.360 e. The summed E-state index contributed by atoms with van der Waals surface area (Å²) in [5.74, 6) is 1.31. The second-order valence-electron chi connectivity index (χ2n) is 6.35. The van der Waals surface area contributed by atoms with Crippen molar-refractivity contribution in [3.05, 3.63) is 54.6 Å². The van der Waals surface area contributed by atoms with Crippen molar-refractivity contribution in [3.63, 3.8) is 0 Å². The topological polar surface area (TPSA) is 70.2 Å². The summed E-state index contributed by atoms with van der Waals surface area (Å²) in [5, 5.41) is 6.98. The van der Waals surface area contributed by atoms with E-state index in [4.69, 9.17) is 0 Å². The van der Waals surface area contributed by atoms with Crippen LogP contribution in [-0.2, 0) is 4.79 Å². The zero-order valence-corrected chi connectivity index (χ0v) is 14.5. The number of hydrogen-bond acceptors (Lipinski definition) is 5. The summed E-state index contributed by atoms with van der Waals surface area (Å²) >= 11 is 0. The summed E-state index contributed by atoms with van der Waals surface area (Å²) in [7, 11) is 0. The van der Waals surface area contributed by atoms with E-state index in [0.717, 1.165) is 35.6 Å². The Morgan fingerprint density at radius 3 is 2.50 bits per heavy atom. The lowest BCUT2D eigenvalue weighted by atomic mass is 10.2. The molecule has 2 heterocycles. The van der Waals surface area contributed by atoms with E-state index in [9.17, 15) is 4.79 Å². The van der Waals surface area contributed by atoms with Crippen molar-refractivity contribution < 1.29 is 4.79 Å². The number of fused-ring (bicyclic) bond motifs is 1. The van der Waals surface area contributed by atoms with Gasteiger partial charge < -0.3 is 15.5 Å². The minimum absolute atomic E-state index is 0.110. The van der Waals surface area contributed by atoms with E-state index >= 15 is 0 Å². The standard InChI is InChI=1S/C20H21N5O/c26-18(22-15-8-2-1-3-9-15)14-21-19-16-10-4-5-11-17(16)23-20(24-19)25-12-6-7-13-25/h1-5,8-11H,6-7,12-14H2,(H,22,26)(H,21,23,24). The van der Waals surface area contributed by atoms with Crippen molar-refractivity contribution >= 4 is 34.3 Å². The molecular formula is C20H21N5O. The average Bonchev–Trinajstić information content (AvgIpc) is 3.21. The first kappa shape index (κ1) is 16.3. The van der Waals surface area contributed by atoms with Crippen LogP contribution in [0.3, 0.4) is 0 Å². The Morgan fingerprint density at radius 2 is 1.69 bits per heavy atom. The van der Waals surface area contributed by atoms with Gasteiger partial charge in [-0.25, -0.2) is 4.98 Å². The van der Waals surface area contributed by atoms with Gasteiger partial charge in [0.25, 0.3) is 0 Å². The van der Waals surface area contributed by atoms with Crippen molar-refractivity contribution in [3.8, 4) is 0 Å². The predicted octanol–water partition coefficient (Wildman–Crippen LogP) is 3.28.